The number of nitrogens with zero attached hydrogens (tertiary/aromatic N) is 3. The van der Waals surface area contributed by atoms with Crippen LogP contribution in [0.15, 0.2) is 18.6 Å². The molecule has 2 heterocycles. The second-order valence-corrected chi connectivity index (χ2v) is 4.51. The van der Waals surface area contributed by atoms with Gasteiger partial charge in [-0.15, -0.1) is 0 Å². The van der Waals surface area contributed by atoms with Crippen molar-refractivity contribution in [3.05, 3.63) is 30.0 Å². The molecule has 0 aliphatic rings. The Morgan fingerprint density at radius 1 is 1.38 bits per heavy atom. The summed E-state index contributed by atoms with van der Waals surface area (Å²) in [4.78, 5) is 8.93. The van der Waals surface area contributed by atoms with Crippen LogP contribution in [0.1, 0.15) is 25.2 Å². The maximum absolute atomic E-state index is 5.51. The molecule has 4 nitrogen and oxygen atoms in total. The summed E-state index contributed by atoms with van der Waals surface area (Å²) in [5.41, 5.74) is 8.62. The highest BCUT2D eigenvalue weighted by molar-refractivity contribution is 5.40. The van der Waals surface area contributed by atoms with Crippen LogP contribution in [0.4, 0.5) is 0 Å². The molecule has 0 spiro atoms. The molecule has 0 aliphatic carbocycles. The van der Waals surface area contributed by atoms with Gasteiger partial charge in [0.25, 0.3) is 0 Å². The minimum Gasteiger partial charge on any atom is -0.330 e. The second kappa shape index (κ2) is 4.61. The van der Waals surface area contributed by atoms with Crippen LogP contribution in [0, 0.1) is 5.92 Å². The van der Waals surface area contributed by atoms with Crippen LogP contribution in [0.5, 0.6) is 0 Å². The van der Waals surface area contributed by atoms with Crippen LogP contribution in [0.25, 0.3) is 5.65 Å². The monoisotopic (exact) mass is 218 g/mol. The smallest absolute Gasteiger partial charge is 0.140 e. The zero-order valence-electron chi connectivity index (χ0n) is 9.85. The van der Waals surface area contributed by atoms with Gasteiger partial charge in [0.2, 0.25) is 0 Å². The van der Waals surface area contributed by atoms with Crippen LogP contribution < -0.4 is 5.73 Å². The normalized spacial score (nSPS) is 11.5. The Balaban J connectivity index is 2.30. The van der Waals surface area contributed by atoms with Crippen LogP contribution in [-0.4, -0.2) is 20.9 Å². The van der Waals surface area contributed by atoms with E-state index in [1.54, 1.807) is 0 Å². The molecule has 0 aliphatic heterocycles. The lowest BCUT2D eigenvalue weighted by Crippen LogP contribution is -2.02. The van der Waals surface area contributed by atoms with E-state index < -0.39 is 0 Å². The SMILES string of the molecule is CC(C)Cc1cc2nc(CCN)cn2cn1. The molecule has 0 amide bonds. The molecule has 0 saturated heterocycles. The summed E-state index contributed by atoms with van der Waals surface area (Å²) in [6.07, 6.45) is 5.64. The molecule has 4 heteroatoms. The number of rotatable bonds is 4. The van der Waals surface area contributed by atoms with Gasteiger partial charge in [0.1, 0.15) is 12.0 Å². The summed E-state index contributed by atoms with van der Waals surface area (Å²) < 4.78 is 1.95. The quantitative estimate of drug-likeness (QED) is 0.844. The fourth-order valence-electron chi connectivity index (χ4n) is 1.78. The summed E-state index contributed by atoms with van der Waals surface area (Å²) in [6.45, 7) is 5.02. The highest BCUT2D eigenvalue weighted by Crippen LogP contribution is 2.09. The third-order valence-corrected chi connectivity index (χ3v) is 2.47. The Hall–Kier alpha value is -1.42. The summed E-state index contributed by atoms with van der Waals surface area (Å²) in [5, 5.41) is 0. The van der Waals surface area contributed by atoms with Gasteiger partial charge in [-0.25, -0.2) is 9.97 Å². The predicted octanol–water partition coefficient (Wildman–Crippen LogP) is 1.43. The van der Waals surface area contributed by atoms with Crippen molar-refractivity contribution in [3.63, 3.8) is 0 Å². The van der Waals surface area contributed by atoms with Crippen LogP contribution in [0.3, 0.4) is 0 Å². The van der Waals surface area contributed by atoms with Gasteiger partial charge in [-0.2, -0.15) is 0 Å². The van der Waals surface area contributed by atoms with E-state index >= 15 is 0 Å². The van der Waals surface area contributed by atoms with Gasteiger partial charge in [0.15, 0.2) is 0 Å². The highest BCUT2D eigenvalue weighted by atomic mass is 15.0. The van der Waals surface area contributed by atoms with Gasteiger partial charge in [0.05, 0.1) is 5.69 Å². The van der Waals surface area contributed by atoms with E-state index in [9.17, 15) is 0 Å². The maximum Gasteiger partial charge on any atom is 0.140 e. The minimum absolute atomic E-state index is 0.619. The summed E-state index contributed by atoms with van der Waals surface area (Å²) >= 11 is 0. The molecule has 86 valence electrons. The van der Waals surface area contributed by atoms with E-state index in [4.69, 9.17) is 5.73 Å². The number of nitrogens with two attached hydrogens (primary N) is 1. The highest BCUT2D eigenvalue weighted by Gasteiger charge is 2.04. The number of imidazole rings is 1. The van der Waals surface area contributed by atoms with E-state index in [1.807, 2.05) is 16.9 Å². The Bertz CT molecular complexity index is 473. The van der Waals surface area contributed by atoms with Gasteiger partial charge in [-0.3, -0.25) is 4.40 Å². The van der Waals surface area contributed by atoms with Gasteiger partial charge in [0, 0.05) is 24.4 Å². The molecular weight excluding hydrogens is 200 g/mol. The van der Waals surface area contributed by atoms with E-state index in [0.29, 0.717) is 12.5 Å². The molecule has 0 bridgehead atoms. The first-order valence-corrected chi connectivity index (χ1v) is 5.71. The molecule has 0 unspecified atom stereocenters. The van der Waals surface area contributed by atoms with Crippen molar-refractivity contribution in [1.82, 2.24) is 14.4 Å². The van der Waals surface area contributed by atoms with Crippen LogP contribution in [-0.2, 0) is 12.8 Å². The predicted molar refractivity (Wildman–Crippen MR) is 64.3 cm³/mol. The molecule has 0 saturated carbocycles. The third kappa shape index (κ3) is 2.39. The summed E-state index contributed by atoms with van der Waals surface area (Å²) in [7, 11) is 0. The Labute approximate surface area is 95.5 Å². The average molecular weight is 218 g/mol. The van der Waals surface area contributed by atoms with E-state index in [2.05, 4.69) is 29.9 Å². The molecule has 0 atom stereocenters. The molecule has 2 N–H and O–H groups in total. The van der Waals surface area contributed by atoms with Crippen molar-refractivity contribution in [2.45, 2.75) is 26.7 Å². The molecule has 2 aromatic heterocycles. The lowest BCUT2D eigenvalue weighted by Gasteiger charge is -2.03. The van der Waals surface area contributed by atoms with Crippen molar-refractivity contribution in [1.29, 1.82) is 0 Å². The van der Waals surface area contributed by atoms with E-state index in [1.165, 1.54) is 0 Å². The fourth-order valence-corrected chi connectivity index (χ4v) is 1.78. The van der Waals surface area contributed by atoms with Gasteiger partial charge < -0.3 is 5.73 Å². The lowest BCUT2D eigenvalue weighted by molar-refractivity contribution is 0.634. The largest absolute Gasteiger partial charge is 0.330 e. The first-order chi connectivity index (χ1) is 7.69. The summed E-state index contributed by atoms with van der Waals surface area (Å²) in [6, 6.07) is 2.06. The molecule has 0 fully saturated rings. The summed E-state index contributed by atoms with van der Waals surface area (Å²) in [5.74, 6) is 0.619. The Morgan fingerprint density at radius 2 is 2.19 bits per heavy atom. The fraction of sp³-hybridized carbons (Fsp3) is 0.500. The third-order valence-electron chi connectivity index (χ3n) is 2.47. The molecular formula is C12H18N4. The Morgan fingerprint density at radius 3 is 2.88 bits per heavy atom. The van der Waals surface area contributed by atoms with E-state index in [-0.39, 0.29) is 0 Å². The zero-order chi connectivity index (χ0) is 11.5. The number of hydrogen-bond acceptors (Lipinski definition) is 3. The minimum atomic E-state index is 0.619. The first kappa shape index (κ1) is 11.1. The van der Waals surface area contributed by atoms with Crippen molar-refractivity contribution < 1.29 is 0 Å². The Kier molecular flexibility index (Phi) is 3.19. The van der Waals surface area contributed by atoms with Crippen molar-refractivity contribution in [2.24, 2.45) is 11.7 Å². The van der Waals surface area contributed by atoms with Gasteiger partial charge >= 0.3 is 0 Å². The van der Waals surface area contributed by atoms with Gasteiger partial charge in [-0.05, 0) is 18.9 Å². The van der Waals surface area contributed by atoms with Crippen LogP contribution >= 0.6 is 0 Å². The first-order valence-electron chi connectivity index (χ1n) is 5.71. The standard InChI is InChI=1S/C12H18N4/c1-9(2)5-11-6-12-15-10(3-4-13)7-16(12)8-14-11/h6-9H,3-5,13H2,1-2H3. The molecule has 0 aromatic carbocycles. The van der Waals surface area contributed by atoms with Crippen molar-refractivity contribution >= 4 is 5.65 Å². The average Bonchev–Trinajstić information content (AvgIpc) is 2.59. The van der Waals surface area contributed by atoms with E-state index in [0.717, 1.165) is 29.9 Å². The number of aromatic nitrogens is 3. The van der Waals surface area contributed by atoms with Crippen molar-refractivity contribution in [2.75, 3.05) is 6.54 Å². The zero-order valence-corrected chi connectivity index (χ0v) is 9.85. The number of fused-ring (bicyclic) bond motifs is 1. The molecule has 0 radical (unpaired) electrons. The maximum atomic E-state index is 5.51. The molecule has 2 aromatic rings. The lowest BCUT2D eigenvalue weighted by atomic mass is 10.1. The second-order valence-electron chi connectivity index (χ2n) is 4.51. The topological polar surface area (TPSA) is 56.2 Å². The molecule has 2 rings (SSSR count). The van der Waals surface area contributed by atoms with Crippen molar-refractivity contribution in [3.8, 4) is 0 Å². The molecule has 16 heavy (non-hydrogen) atoms. The number of hydrogen-bond donors (Lipinski definition) is 1. The van der Waals surface area contributed by atoms with Crippen LogP contribution in [0.2, 0.25) is 0 Å². The van der Waals surface area contributed by atoms with Gasteiger partial charge in [-0.1, -0.05) is 13.8 Å².